The number of carbonyl (C=O) groups is 19. The van der Waals surface area contributed by atoms with E-state index >= 15 is 33.6 Å². The van der Waals surface area contributed by atoms with Gasteiger partial charge in [-0.25, -0.2) is 0 Å². The number of aliphatic hydroxyl groups is 1. The zero-order valence-electron chi connectivity index (χ0n) is 77.2. The number of amides is 17. The van der Waals surface area contributed by atoms with Crippen molar-refractivity contribution in [2.45, 2.75) is 260 Å². The Bertz CT molecular complexity index is 5120. The van der Waals surface area contributed by atoms with Gasteiger partial charge in [0.2, 0.25) is 100 Å². The number of aromatic amines is 1. The lowest BCUT2D eigenvalue weighted by Crippen LogP contribution is -2.61. The largest absolute Gasteiger partial charge is 0.508 e. The van der Waals surface area contributed by atoms with Gasteiger partial charge in [-0.1, -0.05) is 102 Å². The summed E-state index contributed by atoms with van der Waals surface area (Å²) in [4.78, 5) is 282. The van der Waals surface area contributed by atoms with Crippen LogP contribution in [0.5, 0.6) is 5.75 Å². The van der Waals surface area contributed by atoms with Crippen molar-refractivity contribution in [2.75, 3.05) is 53.9 Å². The highest BCUT2D eigenvalue weighted by Crippen LogP contribution is 2.29. The summed E-state index contributed by atoms with van der Waals surface area (Å²) < 4.78 is 1.42. The molecule has 3 fully saturated rings. The van der Waals surface area contributed by atoms with Crippen molar-refractivity contribution in [3.63, 3.8) is 0 Å². The fraction of sp³-hybridized carbons (Fsp3) is 0.549. The molecule has 0 radical (unpaired) electrons. The van der Waals surface area contributed by atoms with Crippen molar-refractivity contribution in [1.82, 2.24) is 87.2 Å². The van der Waals surface area contributed by atoms with Crippen LogP contribution in [0.25, 0.3) is 21.8 Å². The first-order chi connectivity index (χ1) is 64.1. The SMILES string of the molecule is CCCC[C@H]1C(=O)N(C)[C@@H](CCCC)C(=O)N[C@@H](CC(C)C)C(=O)N[C@H](C(=O)NCC(N)=O)CCCC(=O)N[C@@H](Cc2ccc(O)cc2)C(=O)N(C)[C@@H](C)C(=O)N[C@@H](CC(N)=O)C(=O)N2CCC[C@H]2C(=O)N[C@@H](CN)C(=O)N[C@@H](CCC(=O)O)C(=O)N2C[C@H](O)C[C@H]2C(=O)N[C@@H](Cc2c[nH]c3ccccc23)C(=O)N[C@@H](CCN)C(=O)N[C@@H](Cc2cn(CC(=O)O)c3ccccc23)C(=O)N1C. The van der Waals surface area contributed by atoms with Crippen LogP contribution < -0.4 is 76.1 Å². The number of hydrogen-bond acceptors (Lipinski definition) is 23. The molecule has 736 valence electrons. The second kappa shape index (κ2) is 50.4. The molecule has 0 bridgehead atoms. The van der Waals surface area contributed by atoms with E-state index in [0.29, 0.717) is 64.2 Å². The number of para-hydroxylation sites is 2. The maximum atomic E-state index is 15.9. The molecule has 5 aromatic rings. The smallest absolute Gasteiger partial charge is 0.323 e. The number of aromatic hydroxyl groups is 1. The van der Waals surface area contributed by atoms with Crippen LogP contribution in [0.2, 0.25) is 0 Å². The van der Waals surface area contributed by atoms with Crippen LogP contribution in [0.4, 0.5) is 0 Å². The Morgan fingerprint density at radius 2 is 1.09 bits per heavy atom. The van der Waals surface area contributed by atoms with Crippen molar-refractivity contribution in [1.29, 1.82) is 0 Å². The van der Waals surface area contributed by atoms with Gasteiger partial charge in [0.05, 0.1) is 19.1 Å². The molecular weight excluding hydrogens is 1760 g/mol. The van der Waals surface area contributed by atoms with Crippen molar-refractivity contribution in [2.24, 2.45) is 28.9 Å². The van der Waals surface area contributed by atoms with Crippen molar-refractivity contribution in [3.05, 3.63) is 102 Å². The second-order valence-electron chi connectivity index (χ2n) is 35.0. The van der Waals surface area contributed by atoms with E-state index in [2.05, 4.69) is 58.2 Å². The van der Waals surface area contributed by atoms with Crippen LogP contribution in [0.15, 0.2) is 85.2 Å². The van der Waals surface area contributed by atoms with Gasteiger partial charge >= 0.3 is 11.9 Å². The van der Waals surface area contributed by atoms with Gasteiger partial charge in [-0.3, -0.25) is 91.1 Å². The number of likely N-dealkylation sites (N-methyl/N-ethyl adjacent to an activating group) is 3. The molecule has 0 spiro atoms. The number of nitrogens with two attached hydrogens (primary N) is 4. The number of phenolic OH excluding ortho intramolecular Hbond substituents is 1. The molecule has 135 heavy (non-hydrogen) atoms. The second-order valence-corrected chi connectivity index (χ2v) is 35.0. The molecule has 0 saturated carbocycles. The number of nitrogens with one attached hydrogen (secondary N) is 11. The number of aliphatic carboxylic acids is 2. The summed E-state index contributed by atoms with van der Waals surface area (Å²) in [5.74, 6) is -19.9. The molecule has 3 aromatic carbocycles. The van der Waals surface area contributed by atoms with E-state index in [1.54, 1.807) is 68.6 Å². The number of carbonyl (C=O) groups excluding carboxylic acids is 17. The van der Waals surface area contributed by atoms with Gasteiger partial charge in [-0.2, -0.15) is 0 Å². The molecule has 44 heteroatoms. The summed E-state index contributed by atoms with van der Waals surface area (Å²) in [6, 6.07) is -3.38. The number of phenols is 1. The van der Waals surface area contributed by atoms with Crippen LogP contribution >= 0.6 is 0 Å². The van der Waals surface area contributed by atoms with Gasteiger partial charge in [-0.15, -0.1) is 0 Å². The fourth-order valence-corrected chi connectivity index (χ4v) is 16.9. The van der Waals surface area contributed by atoms with E-state index in [9.17, 15) is 78.0 Å². The highest BCUT2D eigenvalue weighted by Gasteiger charge is 2.47. The zero-order chi connectivity index (χ0) is 99.4. The number of hydrogen-bond donors (Lipinski definition) is 19. The van der Waals surface area contributed by atoms with Gasteiger partial charge in [0.25, 0.3) is 0 Å². The fourth-order valence-electron chi connectivity index (χ4n) is 16.9. The summed E-state index contributed by atoms with van der Waals surface area (Å²) in [6.07, 6.45) is -2.12. The Hall–Kier alpha value is -13.7. The number of H-pyrrole nitrogens is 1. The van der Waals surface area contributed by atoms with Crippen LogP contribution in [-0.2, 0) is 117 Å². The minimum Gasteiger partial charge on any atom is -0.508 e. The molecule has 5 heterocycles. The molecule has 3 saturated heterocycles. The van der Waals surface area contributed by atoms with Gasteiger partial charge in [0.15, 0.2) is 0 Å². The van der Waals surface area contributed by atoms with Gasteiger partial charge in [-0.05, 0) is 118 Å². The Labute approximate surface area is 780 Å². The Morgan fingerprint density at radius 1 is 0.526 bits per heavy atom. The van der Waals surface area contributed by atoms with E-state index < -0.39 is 268 Å². The number of primary amides is 2. The lowest BCUT2D eigenvalue weighted by atomic mass is 9.99. The average molecular weight is 1890 g/mol. The summed E-state index contributed by atoms with van der Waals surface area (Å²) in [7, 11) is 3.86. The number of carboxylic acid groups (broad SMARTS) is 2. The molecule has 44 nitrogen and oxygen atoms in total. The first kappa shape index (κ1) is 107. The number of nitrogens with zero attached hydrogens (tertiary/aromatic N) is 6. The normalized spacial score (nSPS) is 24.8. The highest BCUT2D eigenvalue weighted by atomic mass is 16.4. The molecule has 0 unspecified atom stereocenters. The summed E-state index contributed by atoms with van der Waals surface area (Å²) >= 11 is 0. The minimum atomic E-state index is -1.85. The maximum Gasteiger partial charge on any atom is 0.323 e. The number of rotatable bonds is 27. The molecule has 3 aliphatic heterocycles. The van der Waals surface area contributed by atoms with Crippen molar-refractivity contribution in [3.8, 4) is 5.75 Å². The summed E-state index contributed by atoms with van der Waals surface area (Å²) in [5, 5.41) is 68.7. The third-order valence-corrected chi connectivity index (χ3v) is 24.4. The van der Waals surface area contributed by atoms with Crippen molar-refractivity contribution < 1.29 is 112 Å². The molecule has 23 N–H and O–H groups in total. The van der Waals surface area contributed by atoms with Gasteiger partial charge < -0.3 is 131 Å². The standard InChI is InChI=1S/C91H129N21O23/c1-9-11-23-69-84(128)102-62(37-49(3)4)81(125)99-59(79(123)97-45-74(95)116)22-17-27-75(117)98-64(38-51-28-30-54(113)31-29-51)87(131)107(6)50(5)78(122)104-66(42-73(94)115)90(134)111-36-18-26-70(111)85(129)106-67(43-93)83(127)101-61(32-33-76(118)119)89(133)112-47-55(114)41-72(112)86(130)103-63(39-52-44-96-58-21-15-13-19-56(52)58)82(126)100-60(34-35-92)80(124)105-65(88(132)109(8)71(24-12-10-2)91(135)108(69)7)40-53-46-110(48-77(120)121)68-25-16-14-20-57(53)68/h13-16,19-21,25,28-31,44,46,49-50,55,59-67,69-72,96,113-114H,9-12,17-18,22-24,26-27,32-43,45,47-48,92-93H2,1-8H3,(H2,94,115)(H2,95,116)(H,97,123)(H,98,117)(H,99,125)(H,100,126)(H,101,127)(H,102,128)(H,103,130)(H,104,122)(H,105,124)(H,106,129)(H,118,119)(H,120,121)/t50-,55+,59-,60-,61-,62-,63-,64-,65-,66-,67-,69-,70-,71-,72-/m0/s1. The van der Waals surface area contributed by atoms with E-state index in [4.69, 9.17) is 22.9 Å². The van der Waals surface area contributed by atoms with Crippen molar-refractivity contribution >= 4 is 134 Å². The Balaban J connectivity index is 1.21. The quantitative estimate of drug-likeness (QED) is 0.0249. The molecule has 0 aliphatic carbocycles. The minimum absolute atomic E-state index is 0.0103. The van der Waals surface area contributed by atoms with Crippen LogP contribution in [0.1, 0.15) is 160 Å². The lowest BCUT2D eigenvalue weighted by Gasteiger charge is -2.36. The van der Waals surface area contributed by atoms with Crippen LogP contribution in [0, 0.1) is 5.92 Å². The average Bonchev–Trinajstić information content (AvgIpc) is 1.55. The van der Waals surface area contributed by atoms with Crippen LogP contribution in [-0.4, -0.2) is 311 Å². The predicted molar refractivity (Wildman–Crippen MR) is 489 cm³/mol. The number of aromatic nitrogens is 2. The van der Waals surface area contributed by atoms with E-state index in [-0.39, 0.29) is 89.0 Å². The number of benzene rings is 3. The Morgan fingerprint density at radius 3 is 1.73 bits per heavy atom. The lowest BCUT2D eigenvalue weighted by molar-refractivity contribution is -0.149. The number of carboxylic acids is 2. The van der Waals surface area contributed by atoms with E-state index in [0.717, 1.165) is 24.5 Å². The molecule has 2 aromatic heterocycles. The van der Waals surface area contributed by atoms with E-state index in [1.165, 1.54) is 63.1 Å². The molecular formula is C91H129N21O23. The highest BCUT2D eigenvalue weighted by molar-refractivity contribution is 6.03. The maximum absolute atomic E-state index is 15.9. The van der Waals surface area contributed by atoms with E-state index in [1.807, 2.05) is 13.8 Å². The van der Waals surface area contributed by atoms with Gasteiger partial charge in [0.1, 0.15) is 96.9 Å². The summed E-state index contributed by atoms with van der Waals surface area (Å²) in [6.45, 7) is 5.37. The Kier molecular flexibility index (Phi) is 39.9. The molecule has 3 aliphatic rings. The summed E-state index contributed by atoms with van der Waals surface area (Å²) in [5.41, 5.74) is 25.7. The van der Waals surface area contributed by atoms with Gasteiger partial charge in [0, 0.05) is 114 Å². The third-order valence-electron chi connectivity index (χ3n) is 24.4. The first-order valence-corrected chi connectivity index (χ1v) is 45.5. The zero-order valence-corrected chi connectivity index (χ0v) is 77.2. The number of fused-ring (bicyclic) bond motifs is 4. The molecule has 15 atom stereocenters. The number of aliphatic hydroxyl groups excluding tert-OH is 1. The topological polar surface area (TPSA) is 667 Å². The number of unbranched alkanes of at least 4 members (excludes halogenated alkanes) is 2. The van der Waals surface area contributed by atoms with Crippen LogP contribution in [0.3, 0.4) is 0 Å². The molecule has 17 amide bonds. The predicted octanol–water partition coefficient (Wildman–Crippen LogP) is -2.98. The third kappa shape index (κ3) is 29.7. The first-order valence-electron chi connectivity index (χ1n) is 45.5. The monoisotopic (exact) mass is 1880 g/mol. The molecule has 8 rings (SSSR count).